The standard InChI is InChI=1S/C11H11BrClN3O/c1-7-10(13)9(15(2)14-7)6-16-5-3-4-8(12)11(16)17/h3-5H,6H2,1-2H3. The molecule has 0 N–H and O–H groups in total. The number of aromatic nitrogens is 3. The van der Waals surface area contributed by atoms with E-state index in [-0.39, 0.29) is 5.56 Å². The number of rotatable bonds is 2. The molecule has 0 aliphatic carbocycles. The molecule has 4 nitrogen and oxygen atoms in total. The second-order valence-corrected chi connectivity index (χ2v) is 4.99. The lowest BCUT2D eigenvalue weighted by Gasteiger charge is -2.06. The molecule has 2 aromatic heterocycles. The van der Waals surface area contributed by atoms with Gasteiger partial charge in [0.2, 0.25) is 0 Å². The van der Waals surface area contributed by atoms with Crippen LogP contribution in [0.15, 0.2) is 27.6 Å². The molecule has 0 amide bonds. The lowest BCUT2D eigenvalue weighted by molar-refractivity contribution is 0.650. The Morgan fingerprint density at radius 1 is 1.53 bits per heavy atom. The van der Waals surface area contributed by atoms with Gasteiger partial charge >= 0.3 is 0 Å². The lowest BCUT2D eigenvalue weighted by Crippen LogP contribution is -2.21. The van der Waals surface area contributed by atoms with Gasteiger partial charge in [-0.3, -0.25) is 9.48 Å². The quantitative estimate of drug-likeness (QED) is 0.853. The molecule has 0 aliphatic rings. The van der Waals surface area contributed by atoms with E-state index in [0.29, 0.717) is 16.0 Å². The molecule has 0 saturated heterocycles. The van der Waals surface area contributed by atoms with E-state index < -0.39 is 0 Å². The summed E-state index contributed by atoms with van der Waals surface area (Å²) in [6.45, 7) is 2.25. The van der Waals surface area contributed by atoms with E-state index in [9.17, 15) is 4.79 Å². The molecule has 6 heteroatoms. The average Bonchev–Trinajstić information content (AvgIpc) is 2.51. The van der Waals surface area contributed by atoms with Gasteiger partial charge in [0.1, 0.15) is 0 Å². The van der Waals surface area contributed by atoms with Gasteiger partial charge in [-0.25, -0.2) is 0 Å². The Kier molecular flexibility index (Phi) is 3.40. The van der Waals surface area contributed by atoms with E-state index in [1.807, 2.05) is 20.0 Å². The smallest absolute Gasteiger partial charge is 0.265 e. The number of hydrogen-bond acceptors (Lipinski definition) is 2. The number of halogens is 2. The van der Waals surface area contributed by atoms with Crippen molar-refractivity contribution in [2.24, 2.45) is 7.05 Å². The second-order valence-electron chi connectivity index (χ2n) is 3.76. The van der Waals surface area contributed by atoms with Crippen molar-refractivity contribution in [3.05, 3.63) is 49.6 Å². The first-order chi connectivity index (χ1) is 8.00. The van der Waals surface area contributed by atoms with Crippen LogP contribution in [0.5, 0.6) is 0 Å². The SMILES string of the molecule is Cc1nn(C)c(Cn2cccc(Br)c2=O)c1Cl. The first kappa shape index (κ1) is 12.4. The van der Waals surface area contributed by atoms with Crippen molar-refractivity contribution in [1.82, 2.24) is 14.3 Å². The van der Waals surface area contributed by atoms with Crippen LogP contribution in [-0.4, -0.2) is 14.3 Å². The van der Waals surface area contributed by atoms with Crippen molar-refractivity contribution >= 4 is 27.5 Å². The van der Waals surface area contributed by atoms with Crippen LogP contribution in [0.25, 0.3) is 0 Å². The Balaban J connectivity index is 2.45. The average molecular weight is 317 g/mol. The first-order valence-electron chi connectivity index (χ1n) is 5.03. The molecule has 0 fully saturated rings. The molecule has 17 heavy (non-hydrogen) atoms. The molecule has 0 atom stereocenters. The summed E-state index contributed by atoms with van der Waals surface area (Å²) in [5.74, 6) is 0. The van der Waals surface area contributed by atoms with E-state index in [4.69, 9.17) is 11.6 Å². The Morgan fingerprint density at radius 2 is 2.24 bits per heavy atom. The lowest BCUT2D eigenvalue weighted by atomic mass is 10.3. The highest BCUT2D eigenvalue weighted by Gasteiger charge is 2.12. The molecule has 0 aromatic carbocycles. The maximum absolute atomic E-state index is 11.8. The van der Waals surface area contributed by atoms with Crippen molar-refractivity contribution in [2.75, 3.05) is 0 Å². The molecule has 2 aromatic rings. The Labute approximate surface area is 112 Å². The summed E-state index contributed by atoms with van der Waals surface area (Å²) in [4.78, 5) is 11.8. The summed E-state index contributed by atoms with van der Waals surface area (Å²) >= 11 is 9.36. The van der Waals surface area contributed by atoms with Crippen LogP contribution in [0.4, 0.5) is 0 Å². The summed E-state index contributed by atoms with van der Waals surface area (Å²) < 4.78 is 3.83. The molecule has 0 bridgehead atoms. The minimum atomic E-state index is -0.0811. The summed E-state index contributed by atoms with van der Waals surface area (Å²) in [7, 11) is 1.82. The molecular weight excluding hydrogens is 305 g/mol. The largest absolute Gasteiger partial charge is 0.309 e. The minimum absolute atomic E-state index is 0.0811. The second kappa shape index (κ2) is 4.66. The van der Waals surface area contributed by atoms with Gasteiger partial charge < -0.3 is 4.57 Å². The third-order valence-corrected chi connectivity index (χ3v) is 3.65. The molecule has 0 aliphatic heterocycles. The van der Waals surface area contributed by atoms with Crippen LogP contribution in [0.3, 0.4) is 0 Å². The summed E-state index contributed by atoms with van der Waals surface area (Å²) in [5, 5.41) is 4.83. The number of hydrogen-bond donors (Lipinski definition) is 0. The summed E-state index contributed by atoms with van der Waals surface area (Å²) in [6.07, 6.45) is 1.73. The highest BCUT2D eigenvalue weighted by atomic mass is 79.9. The fourth-order valence-electron chi connectivity index (χ4n) is 1.65. The fraction of sp³-hybridized carbons (Fsp3) is 0.273. The summed E-state index contributed by atoms with van der Waals surface area (Å²) in [6, 6.07) is 3.53. The van der Waals surface area contributed by atoms with E-state index in [2.05, 4.69) is 21.0 Å². The van der Waals surface area contributed by atoms with Gasteiger partial charge in [-0.1, -0.05) is 11.6 Å². The molecule has 90 valence electrons. The Hall–Kier alpha value is -1.07. The van der Waals surface area contributed by atoms with E-state index >= 15 is 0 Å². The van der Waals surface area contributed by atoms with Gasteiger partial charge in [0, 0.05) is 13.2 Å². The summed E-state index contributed by atoms with van der Waals surface area (Å²) in [5.41, 5.74) is 1.51. The van der Waals surface area contributed by atoms with Crippen LogP contribution >= 0.6 is 27.5 Å². The number of nitrogens with zero attached hydrogens (tertiary/aromatic N) is 3. The topological polar surface area (TPSA) is 39.8 Å². The Bertz CT molecular complexity index is 618. The van der Waals surface area contributed by atoms with Crippen molar-refractivity contribution in [3.63, 3.8) is 0 Å². The van der Waals surface area contributed by atoms with Crippen molar-refractivity contribution < 1.29 is 0 Å². The van der Waals surface area contributed by atoms with Gasteiger partial charge in [-0.15, -0.1) is 0 Å². The third kappa shape index (κ3) is 2.30. The fourth-order valence-corrected chi connectivity index (χ4v) is 2.25. The zero-order valence-corrected chi connectivity index (χ0v) is 11.8. The molecule has 2 heterocycles. The van der Waals surface area contributed by atoms with Gasteiger partial charge in [-0.2, -0.15) is 5.10 Å². The number of pyridine rings is 1. The number of aryl methyl sites for hydroxylation is 2. The monoisotopic (exact) mass is 315 g/mol. The highest BCUT2D eigenvalue weighted by Crippen LogP contribution is 2.19. The van der Waals surface area contributed by atoms with E-state index in [1.54, 1.807) is 21.5 Å². The third-order valence-electron chi connectivity index (χ3n) is 2.56. The van der Waals surface area contributed by atoms with E-state index in [0.717, 1.165) is 11.4 Å². The van der Waals surface area contributed by atoms with Crippen molar-refractivity contribution in [2.45, 2.75) is 13.5 Å². The van der Waals surface area contributed by atoms with Crippen molar-refractivity contribution in [3.8, 4) is 0 Å². The van der Waals surface area contributed by atoms with Gasteiger partial charge in [0.15, 0.2) is 0 Å². The van der Waals surface area contributed by atoms with Gasteiger partial charge in [-0.05, 0) is 35.0 Å². The predicted molar refractivity (Wildman–Crippen MR) is 70.5 cm³/mol. The van der Waals surface area contributed by atoms with E-state index in [1.165, 1.54) is 0 Å². The van der Waals surface area contributed by atoms with Crippen LogP contribution < -0.4 is 5.56 Å². The normalized spacial score (nSPS) is 10.8. The predicted octanol–water partition coefficient (Wildman–Crippen LogP) is 2.35. The molecule has 0 saturated carbocycles. The maximum Gasteiger partial charge on any atom is 0.265 e. The van der Waals surface area contributed by atoms with Crippen LogP contribution in [-0.2, 0) is 13.6 Å². The minimum Gasteiger partial charge on any atom is -0.309 e. The van der Waals surface area contributed by atoms with Crippen LogP contribution in [0.2, 0.25) is 5.02 Å². The van der Waals surface area contributed by atoms with Crippen LogP contribution in [0.1, 0.15) is 11.4 Å². The maximum atomic E-state index is 11.8. The highest BCUT2D eigenvalue weighted by molar-refractivity contribution is 9.10. The first-order valence-corrected chi connectivity index (χ1v) is 6.20. The molecule has 2 rings (SSSR count). The molecule has 0 unspecified atom stereocenters. The van der Waals surface area contributed by atoms with Gasteiger partial charge in [0.05, 0.1) is 27.4 Å². The zero-order chi connectivity index (χ0) is 12.6. The molecular formula is C11H11BrClN3O. The van der Waals surface area contributed by atoms with Crippen LogP contribution in [0, 0.1) is 6.92 Å². The molecule has 0 radical (unpaired) electrons. The van der Waals surface area contributed by atoms with Gasteiger partial charge in [0.25, 0.3) is 5.56 Å². The van der Waals surface area contributed by atoms with Crippen molar-refractivity contribution in [1.29, 1.82) is 0 Å². The zero-order valence-electron chi connectivity index (χ0n) is 9.44. The molecule has 0 spiro atoms. The Morgan fingerprint density at radius 3 is 2.82 bits per heavy atom.